The van der Waals surface area contributed by atoms with Crippen LogP contribution in [0.15, 0.2) is 36.4 Å². The first kappa shape index (κ1) is 17.4. The van der Waals surface area contributed by atoms with Crippen molar-refractivity contribution in [2.24, 2.45) is 0 Å². The molecule has 0 aliphatic carbocycles. The van der Waals surface area contributed by atoms with Gasteiger partial charge in [-0.3, -0.25) is 14.9 Å². The van der Waals surface area contributed by atoms with E-state index in [0.717, 1.165) is 23.3 Å². The summed E-state index contributed by atoms with van der Waals surface area (Å²) in [5.74, 6) is -1.01. The lowest BCUT2D eigenvalue weighted by molar-refractivity contribution is -0.384. The van der Waals surface area contributed by atoms with Crippen LogP contribution in [0.2, 0.25) is 0 Å². The van der Waals surface area contributed by atoms with Gasteiger partial charge in [0.1, 0.15) is 11.5 Å². The molecule has 0 unspecified atom stereocenters. The molecule has 0 spiro atoms. The van der Waals surface area contributed by atoms with Gasteiger partial charge in [-0.15, -0.1) is 0 Å². The number of hydrogen-bond acceptors (Lipinski definition) is 4. The molecule has 0 fully saturated rings. The summed E-state index contributed by atoms with van der Waals surface area (Å²) in [6, 6.07) is 8.83. The third kappa shape index (κ3) is 3.87. The second kappa shape index (κ2) is 7.08. The van der Waals surface area contributed by atoms with Gasteiger partial charge >= 0.3 is 0 Å². The average molecular weight is 331 g/mol. The van der Waals surface area contributed by atoms with Crippen molar-refractivity contribution in [2.45, 2.75) is 13.8 Å². The zero-order chi connectivity index (χ0) is 17.9. The average Bonchev–Trinajstić information content (AvgIpc) is 2.51. The van der Waals surface area contributed by atoms with Gasteiger partial charge in [0.15, 0.2) is 0 Å². The van der Waals surface area contributed by atoms with E-state index >= 15 is 0 Å². The van der Waals surface area contributed by atoms with Crippen LogP contribution < -0.4 is 10.2 Å². The highest BCUT2D eigenvalue weighted by Crippen LogP contribution is 2.28. The van der Waals surface area contributed by atoms with Gasteiger partial charge < -0.3 is 10.2 Å². The van der Waals surface area contributed by atoms with E-state index in [4.69, 9.17) is 0 Å². The Labute approximate surface area is 139 Å². The van der Waals surface area contributed by atoms with E-state index in [1.165, 1.54) is 11.0 Å². The monoisotopic (exact) mass is 331 g/mol. The van der Waals surface area contributed by atoms with Crippen LogP contribution in [0, 0.1) is 29.8 Å². The maximum absolute atomic E-state index is 13.2. The maximum atomic E-state index is 13.2. The third-order valence-electron chi connectivity index (χ3n) is 3.80. The summed E-state index contributed by atoms with van der Waals surface area (Å²) < 4.78 is 13.2. The van der Waals surface area contributed by atoms with Crippen molar-refractivity contribution in [3.05, 3.63) is 63.5 Å². The lowest BCUT2D eigenvalue weighted by Crippen LogP contribution is -2.30. The zero-order valence-electron chi connectivity index (χ0n) is 13.7. The number of hydrogen-bond donors (Lipinski definition) is 1. The third-order valence-corrected chi connectivity index (χ3v) is 3.80. The topological polar surface area (TPSA) is 75.5 Å². The standard InChI is InChI=1S/C17H18FN3O3/c1-11-5-4-6-14(12(11)2)19-17(22)10-20(3)15-8-7-13(18)9-16(15)21(23)24/h4-9H,10H2,1-3H3,(H,19,22). The van der Waals surface area contributed by atoms with E-state index < -0.39 is 10.7 Å². The Morgan fingerprint density at radius 1 is 1.29 bits per heavy atom. The van der Waals surface area contributed by atoms with Gasteiger partial charge in [0, 0.05) is 12.7 Å². The van der Waals surface area contributed by atoms with Crippen LogP contribution in [0.25, 0.3) is 0 Å². The largest absolute Gasteiger partial charge is 0.360 e. The summed E-state index contributed by atoms with van der Waals surface area (Å²) in [4.78, 5) is 24.0. The minimum atomic E-state index is -0.696. The minimum absolute atomic E-state index is 0.0974. The second-order valence-electron chi connectivity index (χ2n) is 5.54. The quantitative estimate of drug-likeness (QED) is 0.673. The molecule has 0 saturated heterocycles. The number of nitrogens with zero attached hydrogens (tertiary/aromatic N) is 2. The van der Waals surface area contributed by atoms with Crippen molar-refractivity contribution in [1.29, 1.82) is 0 Å². The first-order chi connectivity index (χ1) is 11.3. The number of carbonyl (C=O) groups excluding carboxylic acids is 1. The highest BCUT2D eigenvalue weighted by molar-refractivity contribution is 5.95. The Morgan fingerprint density at radius 3 is 2.67 bits per heavy atom. The predicted molar refractivity (Wildman–Crippen MR) is 90.9 cm³/mol. The molecule has 126 valence electrons. The Bertz CT molecular complexity index is 793. The molecule has 0 aliphatic rings. The van der Waals surface area contributed by atoms with Gasteiger partial charge in [-0.1, -0.05) is 12.1 Å². The number of carbonyl (C=O) groups is 1. The number of nitro benzene ring substituents is 1. The molecule has 0 atom stereocenters. The number of likely N-dealkylation sites (N-methyl/N-ethyl adjacent to an activating group) is 1. The molecule has 1 N–H and O–H groups in total. The smallest absolute Gasteiger partial charge is 0.295 e. The molecule has 6 nitrogen and oxygen atoms in total. The van der Waals surface area contributed by atoms with Gasteiger partial charge in [-0.2, -0.15) is 0 Å². The summed E-state index contributed by atoms with van der Waals surface area (Å²) in [5.41, 5.74) is 2.51. The molecule has 0 aliphatic heterocycles. The lowest BCUT2D eigenvalue weighted by atomic mass is 10.1. The van der Waals surface area contributed by atoms with Gasteiger partial charge in [-0.25, -0.2) is 4.39 Å². The maximum Gasteiger partial charge on any atom is 0.295 e. The minimum Gasteiger partial charge on any atom is -0.360 e. The summed E-state index contributed by atoms with van der Waals surface area (Å²) >= 11 is 0. The number of nitrogens with one attached hydrogen (secondary N) is 1. The van der Waals surface area contributed by atoms with Crippen molar-refractivity contribution >= 4 is 23.0 Å². The number of halogens is 1. The van der Waals surface area contributed by atoms with E-state index in [-0.39, 0.29) is 23.8 Å². The molecule has 0 saturated carbocycles. The van der Waals surface area contributed by atoms with E-state index in [2.05, 4.69) is 5.32 Å². The Balaban J connectivity index is 2.15. The molecule has 2 aromatic carbocycles. The highest BCUT2D eigenvalue weighted by atomic mass is 19.1. The molecular formula is C17H18FN3O3. The second-order valence-corrected chi connectivity index (χ2v) is 5.54. The fraction of sp³-hybridized carbons (Fsp3) is 0.235. The molecule has 0 aromatic heterocycles. The summed E-state index contributed by atoms with van der Waals surface area (Å²) in [6.45, 7) is 3.75. The predicted octanol–water partition coefficient (Wildman–Crippen LogP) is 3.43. The lowest BCUT2D eigenvalue weighted by Gasteiger charge is -2.19. The van der Waals surface area contributed by atoms with Crippen molar-refractivity contribution < 1.29 is 14.1 Å². The molecule has 1 amide bonds. The molecule has 0 radical (unpaired) electrons. The molecule has 24 heavy (non-hydrogen) atoms. The number of anilines is 2. The van der Waals surface area contributed by atoms with Crippen LogP contribution in [-0.2, 0) is 4.79 Å². The highest BCUT2D eigenvalue weighted by Gasteiger charge is 2.20. The molecular weight excluding hydrogens is 313 g/mol. The van der Waals surface area contributed by atoms with Gasteiger partial charge in [-0.05, 0) is 43.2 Å². The number of aryl methyl sites for hydroxylation is 1. The Hall–Kier alpha value is -2.96. The number of rotatable bonds is 5. The van der Waals surface area contributed by atoms with Crippen molar-refractivity contribution in [1.82, 2.24) is 0 Å². The molecule has 0 heterocycles. The van der Waals surface area contributed by atoms with Gasteiger partial charge in [0.25, 0.3) is 5.69 Å². The first-order valence-corrected chi connectivity index (χ1v) is 7.30. The fourth-order valence-corrected chi connectivity index (χ4v) is 2.34. The molecule has 7 heteroatoms. The van der Waals surface area contributed by atoms with Gasteiger partial charge in [0.05, 0.1) is 17.5 Å². The van der Waals surface area contributed by atoms with Crippen LogP contribution in [-0.4, -0.2) is 24.4 Å². The van der Waals surface area contributed by atoms with Crippen molar-refractivity contribution in [3.63, 3.8) is 0 Å². The Morgan fingerprint density at radius 2 is 2.00 bits per heavy atom. The molecule has 0 bridgehead atoms. The van der Waals surface area contributed by atoms with Crippen molar-refractivity contribution in [3.8, 4) is 0 Å². The summed E-state index contributed by atoms with van der Waals surface area (Å²) in [6.07, 6.45) is 0. The number of amides is 1. The SMILES string of the molecule is Cc1cccc(NC(=O)CN(C)c2ccc(F)cc2[N+](=O)[O-])c1C. The summed E-state index contributed by atoms with van der Waals surface area (Å²) in [7, 11) is 1.54. The van der Waals surface area contributed by atoms with Crippen LogP contribution in [0.5, 0.6) is 0 Å². The Kier molecular flexibility index (Phi) is 5.13. The van der Waals surface area contributed by atoms with Crippen molar-refractivity contribution in [2.75, 3.05) is 23.8 Å². The van der Waals surface area contributed by atoms with Crippen LogP contribution >= 0.6 is 0 Å². The normalized spacial score (nSPS) is 10.3. The van der Waals surface area contributed by atoms with E-state index in [9.17, 15) is 19.3 Å². The van der Waals surface area contributed by atoms with Crippen LogP contribution in [0.4, 0.5) is 21.5 Å². The fourth-order valence-electron chi connectivity index (χ4n) is 2.34. The number of benzene rings is 2. The van der Waals surface area contributed by atoms with Crippen LogP contribution in [0.3, 0.4) is 0 Å². The molecule has 2 rings (SSSR count). The van der Waals surface area contributed by atoms with Crippen LogP contribution in [0.1, 0.15) is 11.1 Å². The van der Waals surface area contributed by atoms with Gasteiger partial charge in [0.2, 0.25) is 5.91 Å². The zero-order valence-corrected chi connectivity index (χ0v) is 13.7. The first-order valence-electron chi connectivity index (χ1n) is 7.30. The van der Waals surface area contributed by atoms with E-state index in [1.807, 2.05) is 26.0 Å². The summed E-state index contributed by atoms with van der Waals surface area (Å²) in [5, 5.41) is 13.8. The molecule has 2 aromatic rings. The van der Waals surface area contributed by atoms with E-state index in [0.29, 0.717) is 5.69 Å². The van der Waals surface area contributed by atoms with E-state index in [1.54, 1.807) is 13.1 Å². The number of nitro groups is 1.